The normalized spacial score (nSPS) is 32.8. The van der Waals surface area contributed by atoms with Gasteiger partial charge >= 0.3 is 0 Å². The molecule has 2 rings (SSSR count). The molecule has 0 aromatic carbocycles. The summed E-state index contributed by atoms with van der Waals surface area (Å²) in [6.07, 6.45) is 6.74. The van der Waals surface area contributed by atoms with Crippen molar-refractivity contribution in [3.8, 4) is 0 Å². The third-order valence-electron chi connectivity index (χ3n) is 4.70. The van der Waals surface area contributed by atoms with E-state index in [1.54, 1.807) is 0 Å². The summed E-state index contributed by atoms with van der Waals surface area (Å²) in [7, 11) is 0. The molecule has 1 saturated heterocycles. The lowest BCUT2D eigenvalue weighted by Crippen LogP contribution is -2.50. The van der Waals surface area contributed by atoms with Crippen LogP contribution in [0.2, 0.25) is 0 Å². The number of carbonyl (C=O) groups is 1. The monoisotopic (exact) mass is 238 g/mol. The molecule has 0 spiro atoms. The molecule has 0 aromatic heterocycles. The number of hydrogen-bond acceptors (Lipinski definition) is 2. The molecule has 1 heterocycles. The van der Waals surface area contributed by atoms with Crippen molar-refractivity contribution in [2.75, 3.05) is 13.1 Å². The SMILES string of the molecule is CC1CC(C)N(C(=O)C2(CN)CCCCC2)C1. The summed E-state index contributed by atoms with van der Waals surface area (Å²) < 4.78 is 0. The zero-order chi connectivity index (χ0) is 12.5. The Morgan fingerprint density at radius 3 is 2.41 bits per heavy atom. The Balaban J connectivity index is 2.11. The topological polar surface area (TPSA) is 46.3 Å². The quantitative estimate of drug-likeness (QED) is 0.801. The lowest BCUT2D eigenvalue weighted by Gasteiger charge is -2.39. The number of likely N-dealkylation sites (tertiary alicyclic amines) is 1. The van der Waals surface area contributed by atoms with Crippen LogP contribution in [0.25, 0.3) is 0 Å². The molecule has 1 saturated carbocycles. The van der Waals surface area contributed by atoms with Crippen molar-refractivity contribution >= 4 is 5.91 Å². The first-order valence-electron chi connectivity index (χ1n) is 7.10. The minimum atomic E-state index is -0.226. The predicted octanol–water partition coefficient (Wildman–Crippen LogP) is 2.15. The van der Waals surface area contributed by atoms with Crippen LogP contribution in [0.3, 0.4) is 0 Å². The molecular weight excluding hydrogens is 212 g/mol. The second-order valence-corrected chi connectivity index (χ2v) is 6.19. The van der Waals surface area contributed by atoms with Crippen LogP contribution in [0.5, 0.6) is 0 Å². The largest absolute Gasteiger partial charge is 0.339 e. The number of nitrogens with zero attached hydrogens (tertiary/aromatic N) is 1. The van der Waals surface area contributed by atoms with E-state index in [0.717, 1.165) is 25.8 Å². The smallest absolute Gasteiger partial charge is 0.230 e. The molecule has 1 aliphatic heterocycles. The Morgan fingerprint density at radius 1 is 1.29 bits per heavy atom. The predicted molar refractivity (Wildman–Crippen MR) is 69.5 cm³/mol. The third kappa shape index (κ3) is 2.35. The maximum atomic E-state index is 12.8. The van der Waals surface area contributed by atoms with E-state index in [1.807, 2.05) is 0 Å². The van der Waals surface area contributed by atoms with E-state index < -0.39 is 0 Å². The highest BCUT2D eigenvalue weighted by atomic mass is 16.2. The van der Waals surface area contributed by atoms with Gasteiger partial charge in [0.25, 0.3) is 0 Å². The van der Waals surface area contributed by atoms with Gasteiger partial charge < -0.3 is 10.6 Å². The summed E-state index contributed by atoms with van der Waals surface area (Å²) in [4.78, 5) is 14.9. The third-order valence-corrected chi connectivity index (χ3v) is 4.70. The second kappa shape index (κ2) is 4.97. The van der Waals surface area contributed by atoms with Gasteiger partial charge in [0, 0.05) is 19.1 Å². The van der Waals surface area contributed by atoms with Crippen LogP contribution in [0.4, 0.5) is 0 Å². The number of carbonyl (C=O) groups excluding carboxylic acids is 1. The van der Waals surface area contributed by atoms with Gasteiger partial charge in [0.1, 0.15) is 0 Å². The van der Waals surface area contributed by atoms with Crippen molar-refractivity contribution in [1.29, 1.82) is 0 Å². The lowest BCUT2D eigenvalue weighted by atomic mass is 9.73. The van der Waals surface area contributed by atoms with Crippen LogP contribution in [-0.2, 0) is 4.79 Å². The van der Waals surface area contributed by atoms with Gasteiger partial charge in [-0.15, -0.1) is 0 Å². The Kier molecular flexibility index (Phi) is 3.76. The molecule has 3 nitrogen and oxygen atoms in total. The molecule has 2 fully saturated rings. The van der Waals surface area contributed by atoms with Crippen LogP contribution >= 0.6 is 0 Å². The zero-order valence-electron chi connectivity index (χ0n) is 11.2. The maximum Gasteiger partial charge on any atom is 0.230 e. The minimum Gasteiger partial charge on any atom is -0.339 e. The van der Waals surface area contributed by atoms with Crippen molar-refractivity contribution in [3.05, 3.63) is 0 Å². The Bertz CT molecular complexity index is 284. The zero-order valence-corrected chi connectivity index (χ0v) is 11.2. The van der Waals surface area contributed by atoms with E-state index in [0.29, 0.717) is 24.4 Å². The van der Waals surface area contributed by atoms with Crippen LogP contribution in [0.15, 0.2) is 0 Å². The minimum absolute atomic E-state index is 0.226. The van der Waals surface area contributed by atoms with Gasteiger partial charge in [-0.2, -0.15) is 0 Å². The molecule has 0 aromatic rings. The molecule has 2 N–H and O–H groups in total. The molecule has 1 amide bonds. The molecule has 2 unspecified atom stereocenters. The van der Waals surface area contributed by atoms with Crippen LogP contribution in [-0.4, -0.2) is 29.9 Å². The van der Waals surface area contributed by atoms with Crippen LogP contribution < -0.4 is 5.73 Å². The first-order valence-corrected chi connectivity index (χ1v) is 7.10. The summed E-state index contributed by atoms with van der Waals surface area (Å²) in [5.74, 6) is 0.990. The van der Waals surface area contributed by atoms with Crippen molar-refractivity contribution in [3.63, 3.8) is 0 Å². The molecule has 2 atom stereocenters. The van der Waals surface area contributed by atoms with E-state index in [1.165, 1.54) is 19.3 Å². The molecule has 17 heavy (non-hydrogen) atoms. The standard InChI is InChI=1S/C14H26N2O/c1-11-8-12(2)16(9-11)13(17)14(10-15)6-4-3-5-7-14/h11-12H,3-10,15H2,1-2H3. The van der Waals surface area contributed by atoms with Gasteiger partial charge in [-0.05, 0) is 32.1 Å². The fourth-order valence-corrected chi connectivity index (χ4v) is 3.62. The Hall–Kier alpha value is -0.570. The van der Waals surface area contributed by atoms with E-state index in [9.17, 15) is 4.79 Å². The molecule has 3 heteroatoms. The number of amides is 1. The van der Waals surface area contributed by atoms with Crippen molar-refractivity contribution < 1.29 is 4.79 Å². The summed E-state index contributed by atoms with van der Waals surface area (Å²) >= 11 is 0. The summed E-state index contributed by atoms with van der Waals surface area (Å²) in [5, 5.41) is 0. The van der Waals surface area contributed by atoms with Gasteiger partial charge in [-0.25, -0.2) is 0 Å². The first kappa shape index (κ1) is 12.9. The summed E-state index contributed by atoms with van der Waals surface area (Å²) in [5.41, 5.74) is 5.71. The lowest BCUT2D eigenvalue weighted by molar-refractivity contribution is -0.144. The number of nitrogens with two attached hydrogens (primary N) is 1. The van der Waals surface area contributed by atoms with Gasteiger partial charge in [-0.1, -0.05) is 26.2 Å². The molecule has 0 radical (unpaired) electrons. The van der Waals surface area contributed by atoms with E-state index in [-0.39, 0.29) is 5.41 Å². The van der Waals surface area contributed by atoms with Gasteiger partial charge in [0.15, 0.2) is 0 Å². The van der Waals surface area contributed by atoms with E-state index in [2.05, 4.69) is 18.7 Å². The average molecular weight is 238 g/mol. The van der Waals surface area contributed by atoms with Crippen LogP contribution in [0, 0.1) is 11.3 Å². The highest BCUT2D eigenvalue weighted by molar-refractivity contribution is 5.83. The van der Waals surface area contributed by atoms with Crippen molar-refractivity contribution in [1.82, 2.24) is 4.90 Å². The molecular formula is C14H26N2O. The van der Waals surface area contributed by atoms with Crippen LogP contribution in [0.1, 0.15) is 52.4 Å². The highest BCUT2D eigenvalue weighted by Gasteiger charge is 2.43. The van der Waals surface area contributed by atoms with E-state index in [4.69, 9.17) is 5.73 Å². The highest BCUT2D eigenvalue weighted by Crippen LogP contribution is 2.39. The molecule has 0 bridgehead atoms. The molecule has 2 aliphatic rings. The number of rotatable bonds is 2. The Labute approximate surface area is 105 Å². The average Bonchev–Trinajstić information content (AvgIpc) is 2.68. The Morgan fingerprint density at radius 2 is 1.94 bits per heavy atom. The van der Waals surface area contributed by atoms with Crippen molar-refractivity contribution in [2.24, 2.45) is 17.1 Å². The van der Waals surface area contributed by atoms with Gasteiger partial charge in [0.05, 0.1) is 5.41 Å². The van der Waals surface area contributed by atoms with Crippen molar-refractivity contribution in [2.45, 2.75) is 58.4 Å². The summed E-state index contributed by atoms with van der Waals surface area (Å²) in [6.45, 7) is 5.87. The molecule has 98 valence electrons. The fourth-order valence-electron chi connectivity index (χ4n) is 3.62. The van der Waals surface area contributed by atoms with Gasteiger partial charge in [0.2, 0.25) is 5.91 Å². The maximum absolute atomic E-state index is 12.8. The molecule has 1 aliphatic carbocycles. The van der Waals surface area contributed by atoms with Gasteiger partial charge in [-0.3, -0.25) is 4.79 Å². The first-order chi connectivity index (χ1) is 8.09. The summed E-state index contributed by atoms with van der Waals surface area (Å²) in [6, 6.07) is 0.405. The second-order valence-electron chi connectivity index (χ2n) is 6.19. The van der Waals surface area contributed by atoms with E-state index >= 15 is 0 Å². The number of hydrogen-bond donors (Lipinski definition) is 1. The fraction of sp³-hybridized carbons (Fsp3) is 0.929.